The van der Waals surface area contributed by atoms with Gasteiger partial charge in [-0.3, -0.25) is 9.79 Å². The van der Waals surface area contributed by atoms with Crippen molar-refractivity contribution in [2.24, 2.45) is 4.99 Å². The topological polar surface area (TPSA) is 106 Å². The first-order valence-electron chi connectivity index (χ1n) is 7.60. The number of hydrogen-bond donors (Lipinski definition) is 2. The Morgan fingerprint density at radius 1 is 1.46 bits per heavy atom. The average molecular weight is 330 g/mol. The summed E-state index contributed by atoms with van der Waals surface area (Å²) >= 11 is 0. The van der Waals surface area contributed by atoms with E-state index >= 15 is 0 Å². The normalized spacial score (nSPS) is 15.0. The van der Waals surface area contributed by atoms with E-state index in [1.165, 1.54) is 12.2 Å². The second-order valence-corrected chi connectivity index (χ2v) is 5.21. The SMILES string of the molecule is C=C/C=C(\N=C)C(=O)NCc1nc(N2CCOCC2)nc(N)c1C. The Morgan fingerprint density at radius 2 is 2.17 bits per heavy atom. The van der Waals surface area contributed by atoms with Crippen molar-refractivity contribution in [3.8, 4) is 0 Å². The molecule has 1 saturated heterocycles. The number of hydrogen-bond acceptors (Lipinski definition) is 7. The molecule has 1 aromatic rings. The first kappa shape index (κ1) is 17.6. The lowest BCUT2D eigenvalue weighted by Crippen LogP contribution is -2.38. The molecule has 8 nitrogen and oxygen atoms in total. The number of nitrogens with two attached hydrogens (primary N) is 1. The number of allylic oxidation sites excluding steroid dienone is 2. The molecule has 0 aliphatic carbocycles. The maximum absolute atomic E-state index is 12.1. The molecule has 1 fully saturated rings. The van der Waals surface area contributed by atoms with Crippen molar-refractivity contribution in [3.05, 3.63) is 35.7 Å². The number of carbonyl (C=O) groups is 1. The highest BCUT2D eigenvalue weighted by molar-refractivity contribution is 5.93. The number of morpholine rings is 1. The van der Waals surface area contributed by atoms with Gasteiger partial charge in [-0.2, -0.15) is 4.98 Å². The summed E-state index contributed by atoms with van der Waals surface area (Å²) in [5.41, 5.74) is 7.60. The number of carbonyl (C=O) groups excluding carboxylic acids is 1. The minimum atomic E-state index is -0.352. The lowest BCUT2D eigenvalue weighted by molar-refractivity contribution is -0.117. The highest BCUT2D eigenvalue weighted by Crippen LogP contribution is 2.18. The van der Waals surface area contributed by atoms with Gasteiger partial charge in [0.05, 0.1) is 25.5 Å². The minimum absolute atomic E-state index is 0.193. The molecule has 1 amide bonds. The quantitative estimate of drug-likeness (QED) is 0.449. The van der Waals surface area contributed by atoms with Gasteiger partial charge < -0.3 is 20.7 Å². The summed E-state index contributed by atoms with van der Waals surface area (Å²) < 4.78 is 5.33. The van der Waals surface area contributed by atoms with Crippen LogP contribution in [0.4, 0.5) is 11.8 Å². The van der Waals surface area contributed by atoms with Crippen molar-refractivity contribution in [1.29, 1.82) is 0 Å². The van der Waals surface area contributed by atoms with Gasteiger partial charge in [-0.1, -0.05) is 12.7 Å². The molecule has 0 unspecified atom stereocenters. The van der Waals surface area contributed by atoms with E-state index in [1.54, 1.807) is 0 Å². The van der Waals surface area contributed by atoms with E-state index in [4.69, 9.17) is 10.5 Å². The van der Waals surface area contributed by atoms with Crippen LogP contribution in [-0.2, 0) is 16.1 Å². The molecule has 3 N–H and O–H groups in total. The lowest BCUT2D eigenvalue weighted by Gasteiger charge is -2.27. The van der Waals surface area contributed by atoms with Gasteiger partial charge in [-0.05, 0) is 19.7 Å². The number of nitrogens with one attached hydrogen (secondary N) is 1. The number of amides is 1. The summed E-state index contributed by atoms with van der Waals surface area (Å²) in [7, 11) is 0. The molecule has 2 heterocycles. The van der Waals surface area contributed by atoms with E-state index in [0.717, 1.165) is 5.56 Å². The standard InChI is InChI=1S/C16H22N6O2/c1-4-5-12(18-3)15(23)19-10-13-11(2)14(17)21-16(20-13)22-6-8-24-9-7-22/h4-5H,1,3,6-10H2,2H3,(H,19,23)(H2,17,20,21)/b12-5-. The van der Waals surface area contributed by atoms with Gasteiger partial charge in [-0.15, -0.1) is 0 Å². The number of nitrogens with zero attached hydrogens (tertiary/aromatic N) is 4. The van der Waals surface area contributed by atoms with E-state index in [1.807, 2.05) is 11.8 Å². The van der Waals surface area contributed by atoms with Crippen molar-refractivity contribution in [1.82, 2.24) is 15.3 Å². The van der Waals surface area contributed by atoms with Crippen LogP contribution in [0.2, 0.25) is 0 Å². The van der Waals surface area contributed by atoms with Gasteiger partial charge in [0.15, 0.2) is 0 Å². The number of aromatic nitrogens is 2. The average Bonchev–Trinajstić information content (AvgIpc) is 2.61. The van der Waals surface area contributed by atoms with E-state index in [-0.39, 0.29) is 18.1 Å². The Labute approximate surface area is 141 Å². The zero-order chi connectivity index (χ0) is 17.5. The van der Waals surface area contributed by atoms with E-state index in [9.17, 15) is 4.79 Å². The van der Waals surface area contributed by atoms with Crippen molar-refractivity contribution < 1.29 is 9.53 Å². The van der Waals surface area contributed by atoms with Gasteiger partial charge in [-0.25, -0.2) is 4.98 Å². The Kier molecular flexibility index (Phi) is 6.02. The van der Waals surface area contributed by atoms with Crippen LogP contribution in [0.15, 0.2) is 29.4 Å². The number of aliphatic imine (C=N–C) groups is 1. The number of nitrogen functional groups attached to an aromatic ring is 1. The van der Waals surface area contributed by atoms with Crippen LogP contribution in [-0.4, -0.2) is 48.9 Å². The van der Waals surface area contributed by atoms with Crippen molar-refractivity contribution in [2.45, 2.75) is 13.5 Å². The molecule has 24 heavy (non-hydrogen) atoms. The Balaban J connectivity index is 2.15. The first-order chi connectivity index (χ1) is 11.6. The van der Waals surface area contributed by atoms with Crippen LogP contribution >= 0.6 is 0 Å². The Hall–Kier alpha value is -2.74. The molecule has 0 radical (unpaired) electrons. The second-order valence-electron chi connectivity index (χ2n) is 5.21. The largest absolute Gasteiger partial charge is 0.383 e. The van der Waals surface area contributed by atoms with E-state index < -0.39 is 0 Å². The Morgan fingerprint density at radius 3 is 2.79 bits per heavy atom. The third kappa shape index (κ3) is 4.17. The smallest absolute Gasteiger partial charge is 0.270 e. The fourth-order valence-corrected chi connectivity index (χ4v) is 2.21. The molecular weight excluding hydrogens is 308 g/mol. The van der Waals surface area contributed by atoms with Crippen LogP contribution in [0.25, 0.3) is 0 Å². The zero-order valence-corrected chi connectivity index (χ0v) is 13.8. The highest BCUT2D eigenvalue weighted by atomic mass is 16.5. The molecule has 0 aromatic carbocycles. The van der Waals surface area contributed by atoms with Gasteiger partial charge in [0.25, 0.3) is 5.91 Å². The van der Waals surface area contributed by atoms with Gasteiger partial charge in [0.1, 0.15) is 11.5 Å². The van der Waals surface area contributed by atoms with Crippen LogP contribution in [0, 0.1) is 6.92 Å². The molecule has 0 saturated carbocycles. The van der Waals surface area contributed by atoms with E-state index in [0.29, 0.717) is 43.8 Å². The minimum Gasteiger partial charge on any atom is -0.383 e. The molecule has 8 heteroatoms. The summed E-state index contributed by atoms with van der Waals surface area (Å²) in [5, 5.41) is 2.76. The fraction of sp³-hybridized carbons (Fsp3) is 0.375. The van der Waals surface area contributed by atoms with Gasteiger partial charge in [0, 0.05) is 18.7 Å². The van der Waals surface area contributed by atoms with Crippen LogP contribution in [0.3, 0.4) is 0 Å². The molecule has 1 aliphatic heterocycles. The lowest BCUT2D eigenvalue weighted by atomic mass is 10.2. The van der Waals surface area contributed by atoms with Crippen LogP contribution < -0.4 is 16.0 Å². The fourth-order valence-electron chi connectivity index (χ4n) is 2.21. The van der Waals surface area contributed by atoms with Gasteiger partial charge >= 0.3 is 0 Å². The van der Waals surface area contributed by atoms with E-state index in [2.05, 4.69) is 33.6 Å². The van der Waals surface area contributed by atoms with Crippen LogP contribution in [0.5, 0.6) is 0 Å². The molecule has 2 rings (SSSR count). The molecule has 0 bridgehead atoms. The monoisotopic (exact) mass is 330 g/mol. The number of ether oxygens (including phenoxy) is 1. The summed E-state index contributed by atoms with van der Waals surface area (Å²) in [6.45, 7) is 11.6. The maximum atomic E-state index is 12.1. The second kappa shape index (κ2) is 8.21. The summed E-state index contributed by atoms with van der Waals surface area (Å²) in [4.78, 5) is 26.6. The number of rotatable bonds is 6. The molecule has 1 aromatic heterocycles. The Bertz CT molecular complexity index is 665. The summed E-state index contributed by atoms with van der Waals surface area (Å²) in [6.07, 6.45) is 2.97. The predicted molar refractivity (Wildman–Crippen MR) is 93.9 cm³/mol. The third-order valence-corrected chi connectivity index (χ3v) is 3.66. The highest BCUT2D eigenvalue weighted by Gasteiger charge is 2.17. The summed E-state index contributed by atoms with van der Waals surface area (Å²) in [5.74, 6) is 0.600. The number of anilines is 2. The van der Waals surface area contributed by atoms with Crippen LogP contribution in [0.1, 0.15) is 11.3 Å². The van der Waals surface area contributed by atoms with Crippen molar-refractivity contribution in [3.63, 3.8) is 0 Å². The molecule has 0 spiro atoms. The first-order valence-corrected chi connectivity index (χ1v) is 7.60. The molecule has 1 aliphatic rings. The zero-order valence-electron chi connectivity index (χ0n) is 13.8. The van der Waals surface area contributed by atoms with Crippen molar-refractivity contribution >= 4 is 24.4 Å². The third-order valence-electron chi connectivity index (χ3n) is 3.66. The molecular formula is C16H22N6O2. The molecule has 128 valence electrons. The predicted octanol–water partition coefficient (Wildman–Crippen LogP) is 0.591. The molecule has 0 atom stereocenters. The van der Waals surface area contributed by atoms with Crippen molar-refractivity contribution in [2.75, 3.05) is 36.9 Å². The summed E-state index contributed by atoms with van der Waals surface area (Å²) in [6, 6.07) is 0. The maximum Gasteiger partial charge on any atom is 0.270 e. The van der Waals surface area contributed by atoms with Gasteiger partial charge in [0.2, 0.25) is 5.95 Å².